The Morgan fingerprint density at radius 3 is 2.71 bits per heavy atom. The minimum atomic E-state index is 0.536. The number of amides is 1. The molecule has 2 aromatic carbocycles. The first kappa shape index (κ1) is 24.6. The third kappa shape index (κ3) is 5.65. The first-order valence-corrected chi connectivity index (χ1v) is 11.8. The summed E-state index contributed by atoms with van der Waals surface area (Å²) in [4.78, 5) is 16.4. The number of anilines is 1. The number of aromatic amines is 1. The molecule has 0 aliphatic rings. The first-order chi connectivity index (χ1) is 16.7. The van der Waals surface area contributed by atoms with Crippen LogP contribution < -0.4 is 10.7 Å². The topological polar surface area (TPSA) is 95.1 Å². The summed E-state index contributed by atoms with van der Waals surface area (Å²) in [6.07, 6.45) is 6.73. The van der Waals surface area contributed by atoms with Crippen molar-refractivity contribution >= 4 is 51.8 Å². The van der Waals surface area contributed by atoms with Gasteiger partial charge < -0.3 is 5.32 Å². The second-order valence-electron chi connectivity index (χ2n) is 6.91. The summed E-state index contributed by atoms with van der Waals surface area (Å²) in [6, 6.07) is 16.0. The van der Waals surface area contributed by atoms with Gasteiger partial charge in [0, 0.05) is 23.6 Å². The summed E-state index contributed by atoms with van der Waals surface area (Å²) in [5, 5.41) is 16.2. The van der Waals surface area contributed by atoms with Crippen LogP contribution in [0.25, 0.3) is 22.0 Å². The number of benzene rings is 2. The molecule has 0 spiro atoms. The Morgan fingerprint density at radius 2 is 1.97 bits per heavy atom. The highest BCUT2D eigenvalue weighted by atomic mass is 32.1. The van der Waals surface area contributed by atoms with Gasteiger partial charge in [-0.05, 0) is 23.6 Å². The minimum absolute atomic E-state index is 0.536. The Hall–Kier alpha value is -4.04. The van der Waals surface area contributed by atoms with Crippen molar-refractivity contribution in [2.45, 2.75) is 20.3 Å². The molecule has 4 aromatic rings. The van der Waals surface area contributed by atoms with Crippen molar-refractivity contribution in [1.82, 2.24) is 20.6 Å². The van der Waals surface area contributed by atoms with Gasteiger partial charge in [0.25, 0.3) is 0 Å². The maximum atomic E-state index is 10.7. The SMILES string of the molecule is C=C(c1ccccc1)c1nc(NC)c(C(/C=N\NC=O)=C/Cc2cccc3[nH]ncc23)s1.CC. The van der Waals surface area contributed by atoms with Gasteiger partial charge in [-0.25, -0.2) is 10.4 Å². The van der Waals surface area contributed by atoms with Crippen LogP contribution in [0.1, 0.15) is 34.9 Å². The van der Waals surface area contributed by atoms with E-state index in [0.29, 0.717) is 12.8 Å². The lowest BCUT2D eigenvalue weighted by Crippen LogP contribution is -2.01. The summed E-state index contributed by atoms with van der Waals surface area (Å²) in [5.74, 6) is 0.729. The molecular formula is C26H28N6OS. The van der Waals surface area contributed by atoms with Gasteiger partial charge in [-0.1, -0.05) is 69.0 Å². The minimum Gasteiger partial charge on any atom is -0.372 e. The van der Waals surface area contributed by atoms with E-state index in [1.165, 1.54) is 11.3 Å². The van der Waals surface area contributed by atoms with Crippen LogP contribution in [0, 0.1) is 0 Å². The van der Waals surface area contributed by atoms with E-state index < -0.39 is 0 Å². The molecule has 0 saturated carbocycles. The summed E-state index contributed by atoms with van der Waals surface area (Å²) in [6.45, 7) is 8.24. The molecule has 0 radical (unpaired) electrons. The van der Waals surface area contributed by atoms with E-state index in [0.717, 1.165) is 48.9 Å². The van der Waals surface area contributed by atoms with E-state index in [2.05, 4.69) is 44.8 Å². The van der Waals surface area contributed by atoms with Crippen LogP contribution in [0.3, 0.4) is 0 Å². The summed E-state index contributed by atoms with van der Waals surface area (Å²) in [7, 11) is 1.83. The van der Waals surface area contributed by atoms with Gasteiger partial charge in [0.05, 0.1) is 22.8 Å². The maximum Gasteiger partial charge on any atom is 0.227 e. The van der Waals surface area contributed by atoms with Crippen molar-refractivity contribution in [3.8, 4) is 0 Å². The van der Waals surface area contributed by atoms with Crippen LogP contribution in [-0.4, -0.2) is 34.9 Å². The molecule has 0 aliphatic carbocycles. The number of nitrogens with one attached hydrogen (secondary N) is 3. The average molecular weight is 473 g/mol. The van der Waals surface area contributed by atoms with Crippen LogP contribution in [0.15, 0.2) is 72.5 Å². The molecule has 2 heterocycles. The number of H-pyrrole nitrogens is 1. The number of carbonyl (C=O) groups excluding carboxylic acids is 1. The largest absolute Gasteiger partial charge is 0.372 e. The monoisotopic (exact) mass is 472 g/mol. The molecule has 2 aromatic heterocycles. The highest BCUT2D eigenvalue weighted by molar-refractivity contribution is 7.14. The molecule has 34 heavy (non-hydrogen) atoms. The molecule has 4 rings (SSSR count). The van der Waals surface area contributed by atoms with E-state index >= 15 is 0 Å². The molecule has 0 atom stereocenters. The molecule has 1 amide bonds. The normalized spacial score (nSPS) is 11.2. The Labute approximate surface area is 203 Å². The molecule has 0 aliphatic heterocycles. The Balaban J connectivity index is 0.00000158. The lowest BCUT2D eigenvalue weighted by atomic mass is 10.1. The number of rotatable bonds is 9. The van der Waals surface area contributed by atoms with Gasteiger partial charge in [0.15, 0.2) is 0 Å². The second-order valence-corrected chi connectivity index (χ2v) is 7.91. The molecule has 174 valence electrons. The predicted octanol–water partition coefficient (Wildman–Crippen LogP) is 5.51. The zero-order chi connectivity index (χ0) is 24.3. The van der Waals surface area contributed by atoms with Crippen LogP contribution >= 0.6 is 11.3 Å². The fourth-order valence-electron chi connectivity index (χ4n) is 3.35. The van der Waals surface area contributed by atoms with Crippen molar-refractivity contribution in [3.05, 3.63) is 88.4 Å². The maximum absolute atomic E-state index is 10.7. The molecule has 0 bridgehead atoms. The van der Waals surface area contributed by atoms with Gasteiger partial charge >= 0.3 is 0 Å². The summed E-state index contributed by atoms with van der Waals surface area (Å²) < 4.78 is 0. The van der Waals surface area contributed by atoms with E-state index in [1.54, 1.807) is 6.21 Å². The number of aromatic nitrogens is 3. The molecule has 0 saturated heterocycles. The molecule has 7 nitrogen and oxygen atoms in total. The fraction of sp³-hybridized carbons (Fsp3) is 0.154. The van der Waals surface area contributed by atoms with Crippen LogP contribution in [0.2, 0.25) is 0 Å². The lowest BCUT2D eigenvalue weighted by Gasteiger charge is -2.04. The van der Waals surface area contributed by atoms with Crippen LogP contribution in [0.4, 0.5) is 5.82 Å². The zero-order valence-corrected chi connectivity index (χ0v) is 20.3. The number of hydrogen-bond donors (Lipinski definition) is 3. The molecule has 3 N–H and O–H groups in total. The average Bonchev–Trinajstić information content (AvgIpc) is 3.55. The Kier molecular flexibility index (Phi) is 8.88. The van der Waals surface area contributed by atoms with Crippen molar-refractivity contribution in [1.29, 1.82) is 0 Å². The number of nitrogens with zero attached hydrogens (tertiary/aromatic N) is 3. The third-order valence-corrected chi connectivity index (χ3v) is 6.12. The van der Waals surface area contributed by atoms with Gasteiger partial charge in [0.2, 0.25) is 6.41 Å². The number of thiazole rings is 1. The highest BCUT2D eigenvalue weighted by Gasteiger charge is 2.16. The quantitative estimate of drug-likeness (QED) is 0.170. The number of hydrazone groups is 1. The Bertz CT molecular complexity index is 1300. The molecule has 8 heteroatoms. The lowest BCUT2D eigenvalue weighted by molar-refractivity contribution is -0.109. The van der Waals surface area contributed by atoms with Crippen molar-refractivity contribution in [3.63, 3.8) is 0 Å². The molecular weight excluding hydrogens is 444 g/mol. The number of hydrogen-bond acceptors (Lipinski definition) is 6. The highest BCUT2D eigenvalue weighted by Crippen LogP contribution is 2.35. The fourth-order valence-corrected chi connectivity index (χ4v) is 4.42. The van der Waals surface area contributed by atoms with E-state index in [-0.39, 0.29) is 0 Å². The van der Waals surface area contributed by atoms with Gasteiger partial charge in [0.1, 0.15) is 10.8 Å². The smallest absolute Gasteiger partial charge is 0.227 e. The molecule has 0 fully saturated rings. The van der Waals surface area contributed by atoms with Gasteiger partial charge in [-0.2, -0.15) is 10.2 Å². The molecule has 0 unspecified atom stereocenters. The number of fused-ring (bicyclic) bond motifs is 1. The Morgan fingerprint density at radius 1 is 1.18 bits per heavy atom. The second kappa shape index (κ2) is 12.3. The standard InChI is InChI=1S/C24H22N6OS.C2H6/c1-16(17-7-4-3-5-8-17)24-29-23(25-2)22(32-24)19(13-26-28-15-31)12-11-18-9-6-10-21-20(18)14-27-30-21;1-2/h3-10,12-15,25H,1,11H2,2H3,(H,27,30)(H,28,31);1-2H3/b19-12+,26-13-;. The van der Waals surface area contributed by atoms with Gasteiger partial charge in [-0.15, -0.1) is 11.3 Å². The summed E-state index contributed by atoms with van der Waals surface area (Å²) >= 11 is 1.53. The summed E-state index contributed by atoms with van der Waals surface area (Å²) in [5.41, 5.74) is 7.18. The van der Waals surface area contributed by atoms with Crippen molar-refractivity contribution < 1.29 is 4.79 Å². The van der Waals surface area contributed by atoms with Crippen molar-refractivity contribution in [2.75, 3.05) is 12.4 Å². The van der Waals surface area contributed by atoms with Gasteiger partial charge in [-0.3, -0.25) is 9.89 Å². The van der Waals surface area contributed by atoms with Crippen molar-refractivity contribution in [2.24, 2.45) is 5.10 Å². The predicted molar refractivity (Wildman–Crippen MR) is 143 cm³/mol. The van der Waals surface area contributed by atoms with Crippen LogP contribution in [0.5, 0.6) is 0 Å². The first-order valence-electron chi connectivity index (χ1n) is 11.0. The third-order valence-electron chi connectivity index (χ3n) is 4.95. The number of carbonyl (C=O) groups is 1. The van der Waals surface area contributed by atoms with E-state index in [4.69, 9.17) is 4.98 Å². The van der Waals surface area contributed by atoms with Crippen LogP contribution in [-0.2, 0) is 11.2 Å². The zero-order valence-electron chi connectivity index (χ0n) is 19.5. The number of allylic oxidation sites excluding steroid dienone is 2. The van der Waals surface area contributed by atoms with E-state index in [9.17, 15) is 4.79 Å². The van der Waals surface area contributed by atoms with E-state index in [1.807, 2.05) is 69.6 Å².